The summed E-state index contributed by atoms with van der Waals surface area (Å²) in [6.45, 7) is 6.05. The molecule has 2 aliphatic carbocycles. The quantitative estimate of drug-likeness (QED) is 0.413. The van der Waals surface area contributed by atoms with Gasteiger partial charge in [-0.05, 0) is 104 Å². The van der Waals surface area contributed by atoms with Gasteiger partial charge in [-0.15, -0.1) is 0 Å². The van der Waals surface area contributed by atoms with E-state index in [1.165, 1.54) is 11.6 Å². The molecular weight excluding hydrogens is 423 g/mol. The van der Waals surface area contributed by atoms with Gasteiger partial charge in [0, 0.05) is 29.6 Å². The standard InChI is InChI=1S/C30H31FN2O/c1-4-5-25-8-6-19(18-33-25)12-29(34)30(2,3)23-15-20-13-22(14-21(20)16-23)26-10-11-32-28-9-7-24(31)17-27(26)28/h6-11,17-18,20-23H,12-16H2,1-3H3/t20-,21+,22?,23?. The van der Waals surface area contributed by atoms with Crippen molar-refractivity contribution in [1.82, 2.24) is 9.97 Å². The minimum atomic E-state index is -0.353. The van der Waals surface area contributed by atoms with Crippen molar-refractivity contribution < 1.29 is 9.18 Å². The molecule has 0 amide bonds. The number of aromatic nitrogens is 2. The molecule has 0 spiro atoms. The fourth-order valence-corrected chi connectivity index (χ4v) is 6.33. The Morgan fingerprint density at radius 3 is 2.50 bits per heavy atom. The van der Waals surface area contributed by atoms with Crippen LogP contribution in [0.2, 0.25) is 0 Å². The lowest BCUT2D eigenvalue weighted by atomic mass is 9.71. The number of hydrogen-bond acceptors (Lipinski definition) is 3. The molecule has 2 saturated carbocycles. The second-order valence-electron chi connectivity index (χ2n) is 10.7. The average Bonchev–Trinajstić information content (AvgIpc) is 3.40. The number of nitrogens with zero attached hydrogens (tertiary/aromatic N) is 2. The lowest BCUT2D eigenvalue weighted by Crippen LogP contribution is -2.33. The summed E-state index contributed by atoms with van der Waals surface area (Å²) in [6.07, 6.45) is 8.48. The molecule has 0 bridgehead atoms. The first-order chi connectivity index (χ1) is 16.3. The Balaban J connectivity index is 1.25. The fraction of sp³-hybridized carbons (Fsp3) is 0.433. The Morgan fingerprint density at radius 1 is 1.06 bits per heavy atom. The van der Waals surface area contributed by atoms with E-state index in [9.17, 15) is 9.18 Å². The summed E-state index contributed by atoms with van der Waals surface area (Å²) in [6, 6.07) is 10.8. The molecule has 2 unspecified atom stereocenters. The molecule has 1 aromatic carbocycles. The Hall–Kier alpha value is -3.06. The average molecular weight is 455 g/mol. The van der Waals surface area contributed by atoms with Crippen molar-refractivity contribution in [2.24, 2.45) is 23.2 Å². The number of pyridine rings is 2. The van der Waals surface area contributed by atoms with Crippen molar-refractivity contribution in [2.75, 3.05) is 0 Å². The van der Waals surface area contributed by atoms with Crippen LogP contribution in [0.1, 0.15) is 69.2 Å². The van der Waals surface area contributed by atoms with Crippen molar-refractivity contribution in [3.8, 4) is 11.8 Å². The molecule has 2 fully saturated rings. The first-order valence-electron chi connectivity index (χ1n) is 12.3. The van der Waals surface area contributed by atoms with Gasteiger partial charge in [-0.25, -0.2) is 9.37 Å². The highest BCUT2D eigenvalue weighted by molar-refractivity contribution is 5.86. The van der Waals surface area contributed by atoms with Crippen molar-refractivity contribution in [3.05, 3.63) is 71.4 Å². The van der Waals surface area contributed by atoms with Crippen LogP contribution < -0.4 is 0 Å². The lowest BCUT2D eigenvalue weighted by molar-refractivity contribution is -0.129. The number of rotatable bonds is 5. The van der Waals surface area contributed by atoms with E-state index >= 15 is 0 Å². The zero-order valence-corrected chi connectivity index (χ0v) is 20.1. The number of carbonyl (C=O) groups is 1. The third-order valence-corrected chi connectivity index (χ3v) is 8.37. The lowest BCUT2D eigenvalue weighted by Gasteiger charge is -2.31. The van der Waals surface area contributed by atoms with Gasteiger partial charge in [-0.2, -0.15) is 0 Å². The van der Waals surface area contributed by atoms with Gasteiger partial charge in [0.15, 0.2) is 0 Å². The zero-order chi connectivity index (χ0) is 23.9. The fourth-order valence-electron chi connectivity index (χ4n) is 6.33. The van der Waals surface area contributed by atoms with E-state index in [4.69, 9.17) is 0 Å². The third-order valence-electron chi connectivity index (χ3n) is 8.37. The monoisotopic (exact) mass is 454 g/mol. The molecule has 2 aromatic heterocycles. The Morgan fingerprint density at radius 2 is 1.82 bits per heavy atom. The second-order valence-corrected chi connectivity index (χ2v) is 10.7. The van der Waals surface area contributed by atoms with Gasteiger partial charge in [0.25, 0.3) is 0 Å². The molecule has 174 valence electrons. The number of halogens is 1. The van der Waals surface area contributed by atoms with Crippen LogP contribution in [-0.4, -0.2) is 15.8 Å². The Kier molecular flexibility index (Phi) is 5.98. The van der Waals surface area contributed by atoms with Crippen LogP contribution in [0.25, 0.3) is 10.9 Å². The molecule has 0 aliphatic heterocycles. The molecule has 5 rings (SSSR count). The van der Waals surface area contributed by atoms with Crippen molar-refractivity contribution in [2.45, 2.75) is 58.8 Å². The van der Waals surface area contributed by atoms with E-state index in [0.29, 0.717) is 35.9 Å². The van der Waals surface area contributed by atoms with Gasteiger partial charge in [0.1, 0.15) is 17.3 Å². The summed E-state index contributed by atoms with van der Waals surface area (Å²) in [7, 11) is 0. The maximum absolute atomic E-state index is 13.9. The number of ketones is 1. The van der Waals surface area contributed by atoms with E-state index in [2.05, 4.69) is 41.7 Å². The smallest absolute Gasteiger partial charge is 0.143 e. The number of carbonyl (C=O) groups excluding carboxylic acids is 1. The normalized spacial score (nSPS) is 24.0. The Bertz CT molecular complexity index is 1270. The molecule has 0 radical (unpaired) electrons. The minimum absolute atomic E-state index is 0.205. The highest BCUT2D eigenvalue weighted by atomic mass is 19.1. The summed E-state index contributed by atoms with van der Waals surface area (Å²) in [5.74, 6) is 7.99. The molecule has 0 saturated heterocycles. The Labute approximate surface area is 201 Å². The molecule has 3 nitrogen and oxygen atoms in total. The predicted octanol–water partition coefficient (Wildman–Crippen LogP) is 6.50. The second kappa shape index (κ2) is 8.95. The molecule has 0 N–H and O–H groups in total. The van der Waals surface area contributed by atoms with Gasteiger partial charge in [0.2, 0.25) is 0 Å². The maximum atomic E-state index is 13.9. The van der Waals surface area contributed by atoms with Crippen molar-refractivity contribution in [3.63, 3.8) is 0 Å². The predicted molar refractivity (Wildman–Crippen MR) is 133 cm³/mol. The number of hydrogen-bond donors (Lipinski definition) is 0. The topological polar surface area (TPSA) is 42.9 Å². The minimum Gasteiger partial charge on any atom is -0.299 e. The van der Waals surface area contributed by atoms with E-state index in [0.717, 1.165) is 47.8 Å². The number of benzene rings is 1. The van der Waals surface area contributed by atoms with Gasteiger partial charge < -0.3 is 0 Å². The van der Waals surface area contributed by atoms with Gasteiger partial charge >= 0.3 is 0 Å². The maximum Gasteiger partial charge on any atom is 0.143 e. The third kappa shape index (κ3) is 4.25. The van der Waals surface area contributed by atoms with Crippen LogP contribution in [0.15, 0.2) is 48.8 Å². The van der Waals surface area contributed by atoms with E-state index in [-0.39, 0.29) is 11.2 Å². The van der Waals surface area contributed by atoms with E-state index in [1.54, 1.807) is 25.3 Å². The van der Waals surface area contributed by atoms with Crippen LogP contribution in [0.5, 0.6) is 0 Å². The summed E-state index contributed by atoms with van der Waals surface area (Å²) in [4.78, 5) is 22.1. The van der Waals surface area contributed by atoms with E-state index < -0.39 is 0 Å². The molecule has 4 atom stereocenters. The summed E-state index contributed by atoms with van der Waals surface area (Å²) < 4.78 is 13.9. The summed E-state index contributed by atoms with van der Waals surface area (Å²) in [5.41, 5.74) is 3.43. The first kappa shape index (κ1) is 22.7. The van der Waals surface area contributed by atoms with Crippen molar-refractivity contribution >= 4 is 16.7 Å². The largest absolute Gasteiger partial charge is 0.299 e. The van der Waals surface area contributed by atoms with Gasteiger partial charge in [0.05, 0.1) is 5.52 Å². The van der Waals surface area contributed by atoms with Crippen LogP contribution in [0, 0.1) is 40.8 Å². The molecule has 4 heteroatoms. The summed E-state index contributed by atoms with van der Waals surface area (Å²) >= 11 is 0. The molecular formula is C30H31FN2O. The van der Waals surface area contributed by atoms with Crippen molar-refractivity contribution in [1.29, 1.82) is 0 Å². The highest BCUT2D eigenvalue weighted by Crippen LogP contribution is 2.56. The van der Waals surface area contributed by atoms with Gasteiger partial charge in [-0.3, -0.25) is 9.78 Å². The van der Waals surface area contributed by atoms with Crippen LogP contribution in [-0.2, 0) is 11.2 Å². The molecule has 2 aliphatic rings. The highest BCUT2D eigenvalue weighted by Gasteiger charge is 2.48. The number of Topliss-reactive ketones (excluding diaryl/α,β-unsaturated/α-hetero) is 1. The zero-order valence-electron chi connectivity index (χ0n) is 20.1. The van der Waals surface area contributed by atoms with Crippen LogP contribution in [0.3, 0.4) is 0 Å². The van der Waals surface area contributed by atoms with Gasteiger partial charge in [-0.1, -0.05) is 25.8 Å². The van der Waals surface area contributed by atoms with Crippen LogP contribution >= 0.6 is 0 Å². The SMILES string of the molecule is CC#Cc1ccc(CC(=O)C(C)(C)C2C[C@H]3CC(c4ccnc5ccc(F)cc45)C[C@H]3C2)cn1. The summed E-state index contributed by atoms with van der Waals surface area (Å²) in [5, 5.41) is 0.948. The first-order valence-corrected chi connectivity index (χ1v) is 12.3. The molecule has 34 heavy (non-hydrogen) atoms. The molecule has 3 aromatic rings. The van der Waals surface area contributed by atoms with E-state index in [1.807, 2.05) is 18.3 Å². The molecule has 2 heterocycles. The number of fused-ring (bicyclic) bond motifs is 2. The van der Waals surface area contributed by atoms with Crippen LogP contribution in [0.4, 0.5) is 4.39 Å².